The Morgan fingerprint density at radius 2 is 1.52 bits per heavy atom. The third kappa shape index (κ3) is 6.49. The first-order valence-electron chi connectivity index (χ1n) is 7.51. The van der Waals surface area contributed by atoms with Crippen molar-refractivity contribution >= 4 is 11.8 Å². The van der Waals surface area contributed by atoms with E-state index in [2.05, 4.69) is 0 Å². The molecule has 0 saturated heterocycles. The molecule has 0 aliphatic carbocycles. The molecule has 2 N–H and O–H groups in total. The predicted molar refractivity (Wildman–Crippen MR) is 85.1 cm³/mol. The number of para-hydroxylation sites is 1. The van der Waals surface area contributed by atoms with Crippen molar-refractivity contribution in [3.05, 3.63) is 59.9 Å². The molecular formula is C17H14F4N2O4. The number of alkyl halides is 3. The molecule has 0 heterocycles. The van der Waals surface area contributed by atoms with Crippen LogP contribution in [0.25, 0.3) is 0 Å². The standard InChI is InChI=1S/C17H14F4N2O4/c18-13-6-1-2-7-14(13)27-10-16(25)23-22-15(24)9-26-12-5-3-4-11(8-12)17(19,20)21/h1-8H,9-10H2,(H,22,24)(H,23,25). The van der Waals surface area contributed by atoms with Crippen LogP contribution in [0.4, 0.5) is 17.6 Å². The van der Waals surface area contributed by atoms with Gasteiger partial charge in [0, 0.05) is 0 Å². The van der Waals surface area contributed by atoms with Gasteiger partial charge in [0.2, 0.25) is 0 Å². The van der Waals surface area contributed by atoms with E-state index in [4.69, 9.17) is 9.47 Å². The monoisotopic (exact) mass is 386 g/mol. The molecular weight excluding hydrogens is 372 g/mol. The summed E-state index contributed by atoms with van der Waals surface area (Å²) in [5.74, 6) is -2.53. The highest BCUT2D eigenvalue weighted by Gasteiger charge is 2.30. The summed E-state index contributed by atoms with van der Waals surface area (Å²) in [6.07, 6.45) is -4.53. The Labute approximate surface area is 151 Å². The summed E-state index contributed by atoms with van der Waals surface area (Å²) in [6, 6.07) is 9.44. The number of hydrogen-bond acceptors (Lipinski definition) is 4. The molecule has 0 bridgehead atoms. The van der Waals surface area contributed by atoms with E-state index in [0.29, 0.717) is 0 Å². The summed E-state index contributed by atoms with van der Waals surface area (Å²) in [4.78, 5) is 23.1. The van der Waals surface area contributed by atoms with E-state index in [1.165, 1.54) is 24.3 Å². The van der Waals surface area contributed by atoms with Gasteiger partial charge in [-0.1, -0.05) is 18.2 Å². The topological polar surface area (TPSA) is 76.7 Å². The molecule has 27 heavy (non-hydrogen) atoms. The van der Waals surface area contributed by atoms with Crippen molar-refractivity contribution < 1.29 is 36.6 Å². The summed E-state index contributed by atoms with van der Waals surface area (Å²) in [5.41, 5.74) is 3.07. The summed E-state index contributed by atoms with van der Waals surface area (Å²) >= 11 is 0. The lowest BCUT2D eigenvalue weighted by Crippen LogP contribution is -2.45. The van der Waals surface area contributed by atoms with E-state index >= 15 is 0 Å². The quantitative estimate of drug-likeness (QED) is 0.591. The number of benzene rings is 2. The van der Waals surface area contributed by atoms with Gasteiger partial charge in [-0.3, -0.25) is 20.4 Å². The summed E-state index contributed by atoms with van der Waals surface area (Å²) < 4.78 is 60.9. The second-order valence-electron chi connectivity index (χ2n) is 5.13. The minimum Gasteiger partial charge on any atom is -0.484 e. The zero-order chi connectivity index (χ0) is 19.9. The smallest absolute Gasteiger partial charge is 0.416 e. The molecule has 0 radical (unpaired) electrons. The highest BCUT2D eigenvalue weighted by Crippen LogP contribution is 2.31. The Kier molecular flexibility index (Phi) is 6.58. The van der Waals surface area contributed by atoms with Crippen molar-refractivity contribution in [2.45, 2.75) is 6.18 Å². The summed E-state index contributed by atoms with van der Waals surface area (Å²) in [6.45, 7) is -1.19. The minimum atomic E-state index is -4.53. The maximum atomic E-state index is 13.3. The molecule has 0 aliphatic heterocycles. The average molecular weight is 386 g/mol. The van der Waals surface area contributed by atoms with Gasteiger partial charge in [0.15, 0.2) is 24.8 Å². The lowest BCUT2D eigenvalue weighted by molar-refractivity contribution is -0.137. The lowest BCUT2D eigenvalue weighted by atomic mass is 10.2. The van der Waals surface area contributed by atoms with Gasteiger partial charge in [0.25, 0.3) is 11.8 Å². The van der Waals surface area contributed by atoms with Gasteiger partial charge in [-0.2, -0.15) is 13.2 Å². The second-order valence-corrected chi connectivity index (χ2v) is 5.13. The Bertz CT molecular complexity index is 812. The van der Waals surface area contributed by atoms with E-state index in [1.54, 1.807) is 0 Å². The molecule has 0 spiro atoms. The number of ether oxygens (including phenoxy) is 2. The maximum absolute atomic E-state index is 13.3. The van der Waals surface area contributed by atoms with E-state index in [-0.39, 0.29) is 11.5 Å². The van der Waals surface area contributed by atoms with E-state index < -0.39 is 42.6 Å². The zero-order valence-corrected chi connectivity index (χ0v) is 13.7. The van der Waals surface area contributed by atoms with Gasteiger partial charge in [0.1, 0.15) is 5.75 Å². The van der Waals surface area contributed by atoms with Crippen LogP contribution in [-0.4, -0.2) is 25.0 Å². The molecule has 2 aromatic carbocycles. The van der Waals surface area contributed by atoms with Crippen LogP contribution in [0.2, 0.25) is 0 Å². The third-order valence-corrected chi connectivity index (χ3v) is 3.07. The second kappa shape index (κ2) is 8.88. The number of hydrazine groups is 1. The van der Waals surface area contributed by atoms with Crippen LogP contribution >= 0.6 is 0 Å². The highest BCUT2D eigenvalue weighted by atomic mass is 19.4. The Balaban J connectivity index is 1.73. The van der Waals surface area contributed by atoms with Crippen molar-refractivity contribution in [2.75, 3.05) is 13.2 Å². The molecule has 144 valence electrons. The van der Waals surface area contributed by atoms with E-state index in [9.17, 15) is 27.2 Å². The third-order valence-electron chi connectivity index (χ3n) is 3.07. The van der Waals surface area contributed by atoms with E-state index in [0.717, 1.165) is 24.3 Å². The number of hydrogen-bond donors (Lipinski definition) is 2. The largest absolute Gasteiger partial charge is 0.484 e. The number of halogens is 4. The molecule has 2 rings (SSSR count). The fourth-order valence-electron chi connectivity index (χ4n) is 1.83. The molecule has 0 fully saturated rings. The van der Waals surface area contributed by atoms with Crippen LogP contribution in [-0.2, 0) is 15.8 Å². The van der Waals surface area contributed by atoms with Gasteiger partial charge in [0.05, 0.1) is 5.56 Å². The molecule has 2 amide bonds. The molecule has 0 aliphatic rings. The van der Waals surface area contributed by atoms with Crippen molar-refractivity contribution in [2.24, 2.45) is 0 Å². The van der Waals surface area contributed by atoms with E-state index in [1.807, 2.05) is 10.9 Å². The highest BCUT2D eigenvalue weighted by molar-refractivity contribution is 5.83. The first-order chi connectivity index (χ1) is 12.8. The normalized spacial score (nSPS) is 10.8. The van der Waals surface area contributed by atoms with Crippen molar-refractivity contribution in [1.29, 1.82) is 0 Å². The summed E-state index contributed by atoms with van der Waals surface area (Å²) in [7, 11) is 0. The Morgan fingerprint density at radius 3 is 2.15 bits per heavy atom. The number of amides is 2. The molecule has 0 saturated carbocycles. The van der Waals surface area contributed by atoms with Crippen LogP contribution in [0.15, 0.2) is 48.5 Å². The Morgan fingerprint density at radius 1 is 0.889 bits per heavy atom. The van der Waals surface area contributed by atoms with Crippen molar-refractivity contribution in [3.63, 3.8) is 0 Å². The molecule has 0 unspecified atom stereocenters. The first-order valence-corrected chi connectivity index (χ1v) is 7.51. The molecule has 0 atom stereocenters. The lowest BCUT2D eigenvalue weighted by Gasteiger charge is -2.11. The summed E-state index contributed by atoms with van der Waals surface area (Å²) in [5, 5.41) is 0. The molecule has 6 nitrogen and oxygen atoms in total. The number of carbonyl (C=O) groups is 2. The van der Waals surface area contributed by atoms with Crippen LogP contribution < -0.4 is 20.3 Å². The molecule has 0 aromatic heterocycles. The predicted octanol–water partition coefficient (Wildman–Crippen LogP) is 2.45. The maximum Gasteiger partial charge on any atom is 0.416 e. The fourth-order valence-corrected chi connectivity index (χ4v) is 1.83. The van der Waals surface area contributed by atoms with Crippen LogP contribution in [0.3, 0.4) is 0 Å². The van der Waals surface area contributed by atoms with Gasteiger partial charge in [-0.15, -0.1) is 0 Å². The SMILES string of the molecule is O=C(COc1cccc(C(F)(F)F)c1)NNC(=O)COc1ccccc1F. The van der Waals surface area contributed by atoms with Crippen molar-refractivity contribution in [1.82, 2.24) is 10.9 Å². The van der Waals surface area contributed by atoms with Crippen LogP contribution in [0.5, 0.6) is 11.5 Å². The van der Waals surface area contributed by atoms with Gasteiger partial charge < -0.3 is 9.47 Å². The number of nitrogens with one attached hydrogen (secondary N) is 2. The van der Waals surface area contributed by atoms with Crippen LogP contribution in [0.1, 0.15) is 5.56 Å². The average Bonchev–Trinajstić information content (AvgIpc) is 2.63. The number of carbonyl (C=O) groups excluding carboxylic acids is 2. The van der Waals surface area contributed by atoms with Gasteiger partial charge >= 0.3 is 6.18 Å². The molecule has 2 aromatic rings. The number of rotatable bonds is 6. The van der Waals surface area contributed by atoms with Crippen LogP contribution in [0, 0.1) is 5.82 Å². The molecule has 10 heteroatoms. The van der Waals surface area contributed by atoms with Crippen molar-refractivity contribution in [3.8, 4) is 11.5 Å². The first kappa shape index (κ1) is 20.0. The Hall–Kier alpha value is -3.30. The van der Waals surface area contributed by atoms with Gasteiger partial charge in [-0.25, -0.2) is 4.39 Å². The minimum absolute atomic E-state index is 0.133. The zero-order valence-electron chi connectivity index (χ0n) is 13.7. The van der Waals surface area contributed by atoms with Gasteiger partial charge in [-0.05, 0) is 30.3 Å². The fraction of sp³-hybridized carbons (Fsp3) is 0.176.